The van der Waals surface area contributed by atoms with Crippen LogP contribution >= 0.6 is 11.8 Å². The molecule has 1 atom stereocenters. The SMILES string of the molecule is CCNC(Cc1cc(C)nn1C)c1ccccc1SC. The van der Waals surface area contributed by atoms with E-state index >= 15 is 0 Å². The zero-order chi connectivity index (χ0) is 14.5. The lowest BCUT2D eigenvalue weighted by Crippen LogP contribution is -2.24. The third-order valence-electron chi connectivity index (χ3n) is 3.48. The summed E-state index contributed by atoms with van der Waals surface area (Å²) in [5.74, 6) is 0. The van der Waals surface area contributed by atoms with Crippen molar-refractivity contribution < 1.29 is 0 Å². The van der Waals surface area contributed by atoms with Crippen molar-refractivity contribution in [2.45, 2.75) is 31.2 Å². The first kappa shape index (κ1) is 15.1. The molecule has 1 N–H and O–H groups in total. The molecule has 2 aromatic rings. The van der Waals surface area contributed by atoms with Gasteiger partial charge in [0.05, 0.1) is 5.69 Å². The van der Waals surface area contributed by atoms with E-state index < -0.39 is 0 Å². The summed E-state index contributed by atoms with van der Waals surface area (Å²) in [4.78, 5) is 1.34. The second-order valence-corrected chi connectivity index (χ2v) is 5.81. The van der Waals surface area contributed by atoms with E-state index in [0.717, 1.165) is 18.7 Å². The number of hydrogen-bond acceptors (Lipinski definition) is 3. The maximum Gasteiger partial charge on any atom is 0.0596 e. The lowest BCUT2D eigenvalue weighted by atomic mass is 10.0. The summed E-state index contributed by atoms with van der Waals surface area (Å²) < 4.78 is 1.99. The van der Waals surface area contributed by atoms with Crippen LogP contribution in [0.25, 0.3) is 0 Å². The number of nitrogens with one attached hydrogen (secondary N) is 1. The van der Waals surface area contributed by atoms with E-state index in [-0.39, 0.29) is 0 Å². The van der Waals surface area contributed by atoms with Gasteiger partial charge in [0.25, 0.3) is 0 Å². The number of likely N-dealkylation sites (N-methyl/N-ethyl adjacent to an activating group) is 1. The van der Waals surface area contributed by atoms with Crippen LogP contribution in [0.15, 0.2) is 35.2 Å². The van der Waals surface area contributed by atoms with Crippen molar-refractivity contribution in [1.29, 1.82) is 0 Å². The average Bonchev–Trinajstić information content (AvgIpc) is 2.76. The number of benzene rings is 1. The Morgan fingerprint density at radius 2 is 2.10 bits per heavy atom. The van der Waals surface area contributed by atoms with Crippen LogP contribution < -0.4 is 5.32 Å². The van der Waals surface area contributed by atoms with Gasteiger partial charge >= 0.3 is 0 Å². The lowest BCUT2D eigenvalue weighted by molar-refractivity contribution is 0.522. The monoisotopic (exact) mass is 289 g/mol. The normalized spacial score (nSPS) is 12.6. The Morgan fingerprint density at radius 1 is 1.35 bits per heavy atom. The van der Waals surface area contributed by atoms with Crippen LogP contribution in [0.5, 0.6) is 0 Å². The number of hydrogen-bond donors (Lipinski definition) is 1. The first-order valence-corrected chi connectivity index (χ1v) is 8.24. The fourth-order valence-electron chi connectivity index (χ4n) is 2.56. The molecule has 1 unspecified atom stereocenters. The summed E-state index contributed by atoms with van der Waals surface area (Å²) in [5, 5.41) is 8.05. The molecule has 2 rings (SSSR count). The molecule has 1 aromatic heterocycles. The summed E-state index contributed by atoms with van der Waals surface area (Å²) in [6, 6.07) is 11.1. The highest BCUT2D eigenvalue weighted by Gasteiger charge is 2.16. The molecule has 0 bridgehead atoms. The molecule has 3 nitrogen and oxygen atoms in total. The summed E-state index contributed by atoms with van der Waals surface area (Å²) in [6.07, 6.45) is 3.10. The van der Waals surface area contributed by atoms with Gasteiger partial charge in [-0.25, -0.2) is 0 Å². The quantitative estimate of drug-likeness (QED) is 0.827. The molecule has 1 heterocycles. The van der Waals surface area contributed by atoms with Crippen LogP contribution in [-0.2, 0) is 13.5 Å². The maximum atomic E-state index is 4.44. The van der Waals surface area contributed by atoms with Crippen molar-refractivity contribution in [2.75, 3.05) is 12.8 Å². The standard InChI is InChI=1S/C16H23N3S/c1-5-17-15(11-13-10-12(2)18-19(13)3)14-8-6-7-9-16(14)20-4/h6-10,15,17H,5,11H2,1-4H3. The predicted octanol–water partition coefficient (Wildman–Crippen LogP) is 3.34. The predicted molar refractivity (Wildman–Crippen MR) is 86.3 cm³/mol. The Labute approximate surface area is 125 Å². The third kappa shape index (κ3) is 3.44. The van der Waals surface area contributed by atoms with E-state index in [4.69, 9.17) is 0 Å². The molecule has 0 saturated carbocycles. The Kier molecular flexibility index (Phi) is 5.26. The van der Waals surface area contributed by atoms with Crippen molar-refractivity contribution in [3.8, 4) is 0 Å². The van der Waals surface area contributed by atoms with E-state index in [0.29, 0.717) is 6.04 Å². The molecule has 108 valence electrons. The van der Waals surface area contributed by atoms with Gasteiger partial charge in [-0.2, -0.15) is 5.10 Å². The molecular weight excluding hydrogens is 266 g/mol. The summed E-state index contributed by atoms with van der Waals surface area (Å²) in [5.41, 5.74) is 3.72. The molecule has 0 spiro atoms. The van der Waals surface area contributed by atoms with Crippen LogP contribution in [0, 0.1) is 6.92 Å². The largest absolute Gasteiger partial charge is 0.310 e. The van der Waals surface area contributed by atoms with Gasteiger partial charge in [-0.15, -0.1) is 11.8 Å². The molecule has 0 aliphatic rings. The van der Waals surface area contributed by atoms with E-state index in [1.54, 1.807) is 0 Å². The maximum absolute atomic E-state index is 4.44. The number of aryl methyl sites for hydroxylation is 2. The molecule has 0 aliphatic heterocycles. The summed E-state index contributed by atoms with van der Waals surface area (Å²) >= 11 is 1.81. The summed E-state index contributed by atoms with van der Waals surface area (Å²) in [6.45, 7) is 5.16. The van der Waals surface area contributed by atoms with Crippen LogP contribution in [-0.4, -0.2) is 22.6 Å². The second-order valence-electron chi connectivity index (χ2n) is 4.96. The average molecular weight is 289 g/mol. The molecule has 0 fully saturated rings. The zero-order valence-electron chi connectivity index (χ0n) is 12.7. The van der Waals surface area contributed by atoms with Gasteiger partial charge in [0.15, 0.2) is 0 Å². The number of nitrogens with zero attached hydrogens (tertiary/aromatic N) is 2. The van der Waals surface area contributed by atoms with Gasteiger partial charge in [-0.3, -0.25) is 4.68 Å². The van der Waals surface area contributed by atoms with Crippen molar-refractivity contribution in [1.82, 2.24) is 15.1 Å². The molecule has 1 aromatic carbocycles. The lowest BCUT2D eigenvalue weighted by Gasteiger charge is -2.21. The molecular formula is C16H23N3S. The van der Waals surface area contributed by atoms with Gasteiger partial charge in [0, 0.05) is 30.1 Å². The fourth-order valence-corrected chi connectivity index (χ4v) is 3.22. The number of rotatable bonds is 6. The summed E-state index contributed by atoms with van der Waals surface area (Å²) in [7, 11) is 2.02. The minimum atomic E-state index is 0.332. The van der Waals surface area contributed by atoms with E-state index in [2.05, 4.69) is 53.9 Å². The van der Waals surface area contributed by atoms with Crippen LogP contribution in [0.2, 0.25) is 0 Å². The van der Waals surface area contributed by atoms with E-state index in [9.17, 15) is 0 Å². The highest BCUT2D eigenvalue weighted by Crippen LogP contribution is 2.28. The van der Waals surface area contributed by atoms with E-state index in [1.165, 1.54) is 16.2 Å². The van der Waals surface area contributed by atoms with Crippen molar-refractivity contribution in [3.63, 3.8) is 0 Å². The molecule has 4 heteroatoms. The Hall–Kier alpha value is -1.26. The van der Waals surface area contributed by atoms with Gasteiger partial charge in [-0.05, 0) is 37.4 Å². The van der Waals surface area contributed by atoms with Gasteiger partial charge in [-0.1, -0.05) is 25.1 Å². The Balaban J connectivity index is 2.29. The van der Waals surface area contributed by atoms with Crippen LogP contribution in [0.4, 0.5) is 0 Å². The Bertz CT molecular complexity index is 563. The van der Waals surface area contributed by atoms with Crippen molar-refractivity contribution in [3.05, 3.63) is 47.3 Å². The number of thioether (sulfide) groups is 1. The highest BCUT2D eigenvalue weighted by atomic mass is 32.2. The number of aromatic nitrogens is 2. The fraction of sp³-hybridized carbons (Fsp3) is 0.438. The molecule has 0 radical (unpaired) electrons. The molecule has 20 heavy (non-hydrogen) atoms. The second kappa shape index (κ2) is 6.95. The van der Waals surface area contributed by atoms with Gasteiger partial charge in [0.1, 0.15) is 0 Å². The first-order chi connectivity index (χ1) is 9.65. The highest BCUT2D eigenvalue weighted by molar-refractivity contribution is 7.98. The topological polar surface area (TPSA) is 29.9 Å². The van der Waals surface area contributed by atoms with Gasteiger partial charge in [0.2, 0.25) is 0 Å². The van der Waals surface area contributed by atoms with Crippen molar-refractivity contribution >= 4 is 11.8 Å². The van der Waals surface area contributed by atoms with Crippen LogP contribution in [0.3, 0.4) is 0 Å². The zero-order valence-corrected chi connectivity index (χ0v) is 13.5. The first-order valence-electron chi connectivity index (χ1n) is 7.01. The van der Waals surface area contributed by atoms with Crippen molar-refractivity contribution in [2.24, 2.45) is 7.05 Å². The van der Waals surface area contributed by atoms with Gasteiger partial charge < -0.3 is 5.32 Å². The molecule has 0 amide bonds. The molecule has 0 saturated heterocycles. The Morgan fingerprint density at radius 3 is 2.70 bits per heavy atom. The molecule has 0 aliphatic carbocycles. The third-order valence-corrected chi connectivity index (χ3v) is 4.29. The minimum Gasteiger partial charge on any atom is -0.310 e. The smallest absolute Gasteiger partial charge is 0.0596 e. The van der Waals surface area contributed by atoms with E-state index in [1.807, 2.05) is 30.4 Å². The minimum absolute atomic E-state index is 0.332. The van der Waals surface area contributed by atoms with Crippen LogP contribution in [0.1, 0.15) is 29.9 Å².